The summed E-state index contributed by atoms with van der Waals surface area (Å²) in [5, 5.41) is 0. The SMILES string of the molecule is O=c1ccccn1CCC1CCCO1. The summed E-state index contributed by atoms with van der Waals surface area (Å²) in [5.74, 6) is 0. The summed E-state index contributed by atoms with van der Waals surface area (Å²) in [6.07, 6.45) is 5.44. The van der Waals surface area contributed by atoms with Gasteiger partial charge in [0.05, 0.1) is 6.10 Å². The first kappa shape index (κ1) is 9.46. The Balaban J connectivity index is 1.91. The third-order valence-electron chi connectivity index (χ3n) is 2.61. The van der Waals surface area contributed by atoms with Gasteiger partial charge in [-0.1, -0.05) is 6.07 Å². The predicted molar refractivity (Wildman–Crippen MR) is 54.3 cm³/mol. The van der Waals surface area contributed by atoms with Crippen molar-refractivity contribution in [3.63, 3.8) is 0 Å². The van der Waals surface area contributed by atoms with Crippen molar-refractivity contribution in [2.24, 2.45) is 0 Å². The van der Waals surface area contributed by atoms with Crippen molar-refractivity contribution in [3.8, 4) is 0 Å². The summed E-state index contributed by atoms with van der Waals surface area (Å²) >= 11 is 0. The average molecular weight is 193 g/mol. The lowest BCUT2D eigenvalue weighted by Crippen LogP contribution is -2.20. The number of pyridine rings is 1. The Morgan fingerprint density at radius 1 is 1.50 bits per heavy atom. The molecule has 0 aliphatic carbocycles. The maximum Gasteiger partial charge on any atom is 0.250 e. The van der Waals surface area contributed by atoms with Crippen LogP contribution in [0.3, 0.4) is 0 Å². The second-order valence-corrected chi connectivity index (χ2v) is 3.66. The Hall–Kier alpha value is -1.09. The number of ether oxygens (including phenoxy) is 1. The smallest absolute Gasteiger partial charge is 0.250 e. The molecule has 0 N–H and O–H groups in total. The van der Waals surface area contributed by atoms with Gasteiger partial charge in [0.15, 0.2) is 0 Å². The average Bonchev–Trinajstić information content (AvgIpc) is 2.69. The molecule has 1 aromatic heterocycles. The van der Waals surface area contributed by atoms with Crippen molar-refractivity contribution in [1.29, 1.82) is 0 Å². The molecule has 0 spiro atoms. The zero-order valence-corrected chi connectivity index (χ0v) is 8.19. The molecule has 0 amide bonds. The zero-order chi connectivity index (χ0) is 9.80. The Kier molecular flexibility index (Phi) is 2.99. The zero-order valence-electron chi connectivity index (χ0n) is 8.19. The van der Waals surface area contributed by atoms with E-state index in [9.17, 15) is 4.79 Å². The third kappa shape index (κ3) is 2.23. The van der Waals surface area contributed by atoms with Crippen LogP contribution in [0, 0.1) is 0 Å². The van der Waals surface area contributed by atoms with Gasteiger partial charge in [0.1, 0.15) is 0 Å². The molecule has 1 unspecified atom stereocenters. The van der Waals surface area contributed by atoms with Gasteiger partial charge in [-0.05, 0) is 25.3 Å². The second kappa shape index (κ2) is 4.42. The van der Waals surface area contributed by atoms with Crippen molar-refractivity contribution < 1.29 is 4.74 Å². The van der Waals surface area contributed by atoms with Crippen LogP contribution < -0.4 is 5.56 Å². The van der Waals surface area contributed by atoms with E-state index in [-0.39, 0.29) is 5.56 Å². The fourth-order valence-corrected chi connectivity index (χ4v) is 1.80. The Bertz CT molecular complexity index is 339. The van der Waals surface area contributed by atoms with Crippen LogP contribution in [0.25, 0.3) is 0 Å². The molecule has 0 saturated carbocycles. The highest BCUT2D eigenvalue weighted by Gasteiger charge is 2.14. The van der Waals surface area contributed by atoms with E-state index in [4.69, 9.17) is 4.74 Å². The number of aromatic nitrogens is 1. The van der Waals surface area contributed by atoms with Crippen molar-refractivity contribution in [2.45, 2.75) is 31.9 Å². The molecule has 3 heteroatoms. The molecule has 2 rings (SSSR count). The van der Waals surface area contributed by atoms with E-state index in [1.807, 2.05) is 12.3 Å². The summed E-state index contributed by atoms with van der Waals surface area (Å²) in [6, 6.07) is 5.25. The molecular formula is C11H15NO2. The van der Waals surface area contributed by atoms with Crippen molar-refractivity contribution >= 4 is 0 Å². The largest absolute Gasteiger partial charge is 0.378 e. The maximum absolute atomic E-state index is 11.3. The fraction of sp³-hybridized carbons (Fsp3) is 0.545. The molecule has 3 nitrogen and oxygen atoms in total. The molecule has 2 heterocycles. The van der Waals surface area contributed by atoms with Gasteiger partial charge in [-0.15, -0.1) is 0 Å². The minimum atomic E-state index is 0.0745. The van der Waals surface area contributed by atoms with Crippen LogP contribution in [-0.4, -0.2) is 17.3 Å². The van der Waals surface area contributed by atoms with E-state index in [1.165, 1.54) is 0 Å². The number of nitrogens with zero attached hydrogens (tertiary/aromatic N) is 1. The Morgan fingerprint density at radius 3 is 3.14 bits per heavy atom. The van der Waals surface area contributed by atoms with Gasteiger partial charge in [-0.25, -0.2) is 0 Å². The van der Waals surface area contributed by atoms with Gasteiger partial charge in [-0.3, -0.25) is 4.79 Å². The van der Waals surface area contributed by atoms with E-state index in [1.54, 1.807) is 16.7 Å². The molecule has 1 aromatic rings. The second-order valence-electron chi connectivity index (χ2n) is 3.66. The summed E-state index contributed by atoms with van der Waals surface area (Å²) in [6.45, 7) is 1.65. The van der Waals surface area contributed by atoms with Crippen LogP contribution in [0.5, 0.6) is 0 Å². The van der Waals surface area contributed by atoms with Crippen molar-refractivity contribution in [3.05, 3.63) is 34.7 Å². The van der Waals surface area contributed by atoms with Gasteiger partial charge >= 0.3 is 0 Å². The van der Waals surface area contributed by atoms with Crippen LogP contribution in [0.4, 0.5) is 0 Å². The molecule has 14 heavy (non-hydrogen) atoms. The fourth-order valence-electron chi connectivity index (χ4n) is 1.80. The molecule has 1 aliphatic rings. The molecule has 76 valence electrons. The van der Waals surface area contributed by atoms with Crippen LogP contribution in [-0.2, 0) is 11.3 Å². The molecular weight excluding hydrogens is 178 g/mol. The molecule has 1 fully saturated rings. The van der Waals surface area contributed by atoms with Gasteiger partial charge in [0.2, 0.25) is 5.56 Å². The normalized spacial score (nSPS) is 21.3. The van der Waals surface area contributed by atoms with Crippen LogP contribution in [0.15, 0.2) is 29.2 Å². The van der Waals surface area contributed by atoms with Gasteiger partial charge in [0, 0.05) is 25.4 Å². The molecule has 0 radical (unpaired) electrons. The van der Waals surface area contributed by atoms with Crippen LogP contribution in [0.1, 0.15) is 19.3 Å². The van der Waals surface area contributed by atoms with E-state index in [2.05, 4.69) is 0 Å². The summed E-state index contributed by atoms with van der Waals surface area (Å²) in [4.78, 5) is 11.3. The lowest BCUT2D eigenvalue weighted by atomic mass is 10.2. The Morgan fingerprint density at radius 2 is 2.43 bits per heavy atom. The first-order chi connectivity index (χ1) is 6.86. The molecule has 1 aliphatic heterocycles. The van der Waals surface area contributed by atoms with E-state index in [0.717, 1.165) is 32.4 Å². The van der Waals surface area contributed by atoms with Crippen LogP contribution in [0.2, 0.25) is 0 Å². The summed E-state index contributed by atoms with van der Waals surface area (Å²) < 4.78 is 7.24. The topological polar surface area (TPSA) is 31.2 Å². The Labute approximate surface area is 83.3 Å². The maximum atomic E-state index is 11.3. The number of hydrogen-bond donors (Lipinski definition) is 0. The number of hydrogen-bond acceptors (Lipinski definition) is 2. The number of rotatable bonds is 3. The number of aryl methyl sites for hydroxylation is 1. The van der Waals surface area contributed by atoms with E-state index < -0.39 is 0 Å². The standard InChI is InChI=1S/C11H15NO2/c13-11-5-1-2-7-12(11)8-6-10-4-3-9-14-10/h1-2,5,7,10H,3-4,6,8-9H2. The highest BCUT2D eigenvalue weighted by atomic mass is 16.5. The molecule has 0 bridgehead atoms. The molecule has 1 atom stereocenters. The first-order valence-corrected chi connectivity index (χ1v) is 5.13. The summed E-state index contributed by atoms with van der Waals surface area (Å²) in [5.41, 5.74) is 0.0745. The third-order valence-corrected chi connectivity index (χ3v) is 2.61. The van der Waals surface area contributed by atoms with Gasteiger partial charge in [-0.2, -0.15) is 0 Å². The lowest BCUT2D eigenvalue weighted by Gasteiger charge is -2.10. The molecule has 0 aromatic carbocycles. The lowest BCUT2D eigenvalue weighted by molar-refractivity contribution is 0.100. The first-order valence-electron chi connectivity index (χ1n) is 5.13. The predicted octanol–water partition coefficient (Wildman–Crippen LogP) is 1.42. The van der Waals surface area contributed by atoms with E-state index >= 15 is 0 Å². The minimum absolute atomic E-state index is 0.0745. The minimum Gasteiger partial charge on any atom is -0.378 e. The monoisotopic (exact) mass is 193 g/mol. The van der Waals surface area contributed by atoms with Crippen molar-refractivity contribution in [2.75, 3.05) is 6.61 Å². The van der Waals surface area contributed by atoms with Gasteiger partial charge < -0.3 is 9.30 Å². The van der Waals surface area contributed by atoms with Crippen molar-refractivity contribution in [1.82, 2.24) is 4.57 Å². The van der Waals surface area contributed by atoms with E-state index in [0.29, 0.717) is 6.10 Å². The van der Waals surface area contributed by atoms with Gasteiger partial charge in [0.25, 0.3) is 0 Å². The highest BCUT2D eigenvalue weighted by molar-refractivity contribution is 4.93. The summed E-state index contributed by atoms with van der Waals surface area (Å²) in [7, 11) is 0. The molecule has 1 saturated heterocycles. The van der Waals surface area contributed by atoms with Crippen LogP contribution >= 0.6 is 0 Å². The quantitative estimate of drug-likeness (QED) is 0.727. The highest BCUT2D eigenvalue weighted by Crippen LogP contribution is 2.15.